The van der Waals surface area contributed by atoms with Gasteiger partial charge < -0.3 is 5.73 Å². The van der Waals surface area contributed by atoms with Crippen molar-refractivity contribution in [2.75, 3.05) is 5.73 Å². The summed E-state index contributed by atoms with van der Waals surface area (Å²) in [5.41, 5.74) is 9.66. The number of nitrogens with one attached hydrogen (secondary N) is 1. The maximum Gasteiger partial charge on any atom is 0.153 e. The first kappa shape index (κ1) is 13.3. The van der Waals surface area contributed by atoms with Crippen LogP contribution in [0.1, 0.15) is 0 Å². The Labute approximate surface area is 132 Å². The summed E-state index contributed by atoms with van der Waals surface area (Å²) in [6.07, 6.45) is 3.51. The molecule has 2 aromatic heterocycles. The van der Waals surface area contributed by atoms with Crippen LogP contribution in [0.15, 0.2) is 51.7 Å². The second-order valence-electron chi connectivity index (χ2n) is 4.26. The smallest absolute Gasteiger partial charge is 0.153 e. The number of rotatable bonds is 2. The number of H-pyrrole nitrogens is 1. The van der Waals surface area contributed by atoms with Gasteiger partial charge in [-0.3, -0.25) is 10.1 Å². The van der Waals surface area contributed by atoms with Gasteiger partial charge in [-0.05, 0) is 24.3 Å². The molecule has 3 aromatic rings. The molecule has 0 fully saturated rings. The Bertz CT molecular complexity index is 733. The van der Waals surface area contributed by atoms with E-state index in [0.717, 1.165) is 31.3 Å². The summed E-state index contributed by atoms with van der Waals surface area (Å²) in [6.45, 7) is 0. The van der Waals surface area contributed by atoms with Crippen LogP contribution in [0.5, 0.6) is 0 Å². The van der Waals surface area contributed by atoms with E-state index in [0.29, 0.717) is 5.82 Å². The summed E-state index contributed by atoms with van der Waals surface area (Å²) in [5.74, 6) is 0.462. The van der Waals surface area contributed by atoms with Crippen molar-refractivity contribution in [1.29, 1.82) is 0 Å². The van der Waals surface area contributed by atoms with Crippen LogP contribution in [0.3, 0.4) is 0 Å². The van der Waals surface area contributed by atoms with Gasteiger partial charge >= 0.3 is 0 Å². The number of halogens is 2. The highest BCUT2D eigenvalue weighted by atomic mass is 79.9. The Hall–Kier alpha value is -1.66. The molecular weight excluding hydrogens is 384 g/mol. The highest BCUT2D eigenvalue weighted by molar-refractivity contribution is 9.11. The monoisotopic (exact) mass is 392 g/mol. The van der Waals surface area contributed by atoms with E-state index in [1.807, 2.05) is 30.3 Å². The molecule has 2 heterocycles. The van der Waals surface area contributed by atoms with Crippen LogP contribution in [0.2, 0.25) is 0 Å². The zero-order valence-corrected chi connectivity index (χ0v) is 13.4. The van der Waals surface area contributed by atoms with Crippen molar-refractivity contribution in [1.82, 2.24) is 15.2 Å². The molecule has 0 saturated carbocycles. The molecule has 1 aromatic carbocycles. The lowest BCUT2D eigenvalue weighted by Gasteiger charge is -2.06. The number of aromatic nitrogens is 3. The third kappa shape index (κ3) is 2.48. The van der Waals surface area contributed by atoms with E-state index in [9.17, 15) is 0 Å². The first-order valence-electron chi connectivity index (χ1n) is 5.86. The van der Waals surface area contributed by atoms with Crippen LogP contribution < -0.4 is 5.73 Å². The predicted octanol–water partition coefficient (Wildman–Crippen LogP) is 4.25. The molecule has 3 rings (SSSR count). The summed E-state index contributed by atoms with van der Waals surface area (Å²) in [4.78, 5) is 4.14. The fourth-order valence-corrected chi connectivity index (χ4v) is 3.36. The van der Waals surface area contributed by atoms with Crippen LogP contribution in [0.25, 0.3) is 22.4 Å². The van der Waals surface area contributed by atoms with Gasteiger partial charge in [-0.2, -0.15) is 5.10 Å². The number of pyridine rings is 1. The molecule has 3 N–H and O–H groups in total. The molecule has 20 heavy (non-hydrogen) atoms. The van der Waals surface area contributed by atoms with Gasteiger partial charge in [0.1, 0.15) is 0 Å². The number of nitrogen functional groups attached to an aromatic ring is 1. The zero-order valence-electron chi connectivity index (χ0n) is 10.3. The lowest BCUT2D eigenvalue weighted by atomic mass is 10.0. The third-order valence-corrected chi connectivity index (χ3v) is 3.81. The maximum absolute atomic E-state index is 5.99. The highest BCUT2D eigenvalue weighted by Gasteiger charge is 2.15. The molecule has 0 aliphatic carbocycles. The van der Waals surface area contributed by atoms with E-state index in [4.69, 9.17) is 5.73 Å². The Morgan fingerprint density at radius 1 is 1.05 bits per heavy atom. The SMILES string of the molecule is Nc1n[nH]c(-c2cc(Br)cc(Br)c2)c1-c1cccnc1. The van der Waals surface area contributed by atoms with E-state index in [2.05, 4.69) is 47.0 Å². The van der Waals surface area contributed by atoms with Gasteiger partial charge in [-0.25, -0.2) is 0 Å². The zero-order chi connectivity index (χ0) is 14.1. The Balaban J connectivity index is 2.21. The van der Waals surface area contributed by atoms with Crippen LogP contribution in [0, 0.1) is 0 Å². The van der Waals surface area contributed by atoms with Gasteiger partial charge in [-0.15, -0.1) is 0 Å². The normalized spacial score (nSPS) is 10.7. The van der Waals surface area contributed by atoms with E-state index >= 15 is 0 Å². The van der Waals surface area contributed by atoms with Crippen LogP contribution in [-0.2, 0) is 0 Å². The van der Waals surface area contributed by atoms with Gasteiger partial charge in [0.15, 0.2) is 5.82 Å². The minimum absolute atomic E-state index is 0.462. The first-order chi connectivity index (χ1) is 9.65. The van der Waals surface area contributed by atoms with Crippen molar-refractivity contribution in [2.45, 2.75) is 0 Å². The molecule has 0 bridgehead atoms. The fourth-order valence-electron chi connectivity index (χ4n) is 2.07. The second kappa shape index (κ2) is 5.38. The summed E-state index contributed by atoms with van der Waals surface area (Å²) in [5, 5.41) is 7.12. The molecular formula is C14H10Br2N4. The van der Waals surface area contributed by atoms with E-state index in [-0.39, 0.29) is 0 Å². The Kier molecular flexibility index (Phi) is 3.58. The van der Waals surface area contributed by atoms with Crippen molar-refractivity contribution < 1.29 is 0 Å². The van der Waals surface area contributed by atoms with Crippen molar-refractivity contribution >= 4 is 37.7 Å². The van der Waals surface area contributed by atoms with Crippen LogP contribution in [0.4, 0.5) is 5.82 Å². The van der Waals surface area contributed by atoms with Gasteiger partial charge in [-0.1, -0.05) is 37.9 Å². The number of hydrogen-bond acceptors (Lipinski definition) is 3. The molecule has 0 atom stereocenters. The number of anilines is 1. The van der Waals surface area contributed by atoms with Gasteiger partial charge in [0.05, 0.1) is 11.3 Å². The van der Waals surface area contributed by atoms with Crippen LogP contribution >= 0.6 is 31.9 Å². The lowest BCUT2D eigenvalue weighted by molar-refractivity contribution is 1.10. The molecule has 0 saturated heterocycles. The maximum atomic E-state index is 5.99. The molecule has 100 valence electrons. The standard InChI is InChI=1S/C14H10Br2N4/c15-10-4-9(5-11(16)6-10)13-12(14(17)20-19-13)8-2-1-3-18-7-8/h1-7H,(H3,17,19,20). The van der Waals surface area contributed by atoms with E-state index in [1.54, 1.807) is 12.4 Å². The average Bonchev–Trinajstić information content (AvgIpc) is 2.80. The van der Waals surface area contributed by atoms with Gasteiger partial charge in [0, 0.05) is 32.5 Å². The topological polar surface area (TPSA) is 67.6 Å². The third-order valence-electron chi connectivity index (χ3n) is 2.90. The molecule has 0 spiro atoms. The van der Waals surface area contributed by atoms with Crippen molar-refractivity contribution in [3.05, 3.63) is 51.7 Å². The van der Waals surface area contributed by atoms with Gasteiger partial charge in [0.25, 0.3) is 0 Å². The molecule has 4 nitrogen and oxygen atoms in total. The van der Waals surface area contributed by atoms with Crippen molar-refractivity contribution in [3.8, 4) is 22.4 Å². The molecule has 0 aliphatic heterocycles. The largest absolute Gasteiger partial charge is 0.382 e. The minimum Gasteiger partial charge on any atom is -0.382 e. The Morgan fingerprint density at radius 3 is 2.45 bits per heavy atom. The molecule has 0 unspecified atom stereocenters. The fraction of sp³-hybridized carbons (Fsp3) is 0. The van der Waals surface area contributed by atoms with E-state index in [1.165, 1.54) is 0 Å². The summed E-state index contributed by atoms with van der Waals surface area (Å²) in [6, 6.07) is 9.84. The van der Waals surface area contributed by atoms with E-state index < -0.39 is 0 Å². The quantitative estimate of drug-likeness (QED) is 0.683. The summed E-state index contributed by atoms with van der Waals surface area (Å²) >= 11 is 6.98. The Morgan fingerprint density at radius 2 is 1.80 bits per heavy atom. The number of benzene rings is 1. The molecule has 0 aliphatic rings. The van der Waals surface area contributed by atoms with Crippen molar-refractivity contribution in [3.63, 3.8) is 0 Å². The summed E-state index contributed by atoms with van der Waals surface area (Å²) < 4.78 is 1.96. The highest BCUT2D eigenvalue weighted by Crippen LogP contribution is 2.36. The first-order valence-corrected chi connectivity index (χ1v) is 7.44. The summed E-state index contributed by atoms with van der Waals surface area (Å²) in [7, 11) is 0. The number of nitrogens with two attached hydrogens (primary N) is 1. The van der Waals surface area contributed by atoms with Crippen molar-refractivity contribution in [2.24, 2.45) is 0 Å². The number of hydrogen-bond donors (Lipinski definition) is 2. The molecule has 0 amide bonds. The lowest BCUT2D eigenvalue weighted by Crippen LogP contribution is -1.89. The predicted molar refractivity (Wildman–Crippen MR) is 87.1 cm³/mol. The minimum atomic E-state index is 0.462. The molecule has 6 heteroatoms. The second-order valence-corrected chi connectivity index (χ2v) is 6.09. The van der Waals surface area contributed by atoms with Crippen LogP contribution in [-0.4, -0.2) is 15.2 Å². The van der Waals surface area contributed by atoms with Gasteiger partial charge in [0.2, 0.25) is 0 Å². The number of nitrogens with zero attached hydrogens (tertiary/aromatic N) is 2. The number of aromatic amines is 1. The molecule has 0 radical (unpaired) electrons. The average molecular weight is 394 g/mol.